The second-order valence-electron chi connectivity index (χ2n) is 4.88. The highest BCUT2D eigenvalue weighted by atomic mass is 32.1. The van der Waals surface area contributed by atoms with E-state index in [0.29, 0.717) is 23.4 Å². The summed E-state index contributed by atoms with van der Waals surface area (Å²) in [4.78, 5) is 11.8. The molecule has 3 heterocycles. The van der Waals surface area contributed by atoms with Gasteiger partial charge in [0.2, 0.25) is 11.8 Å². The first-order valence-corrected chi connectivity index (χ1v) is 7.92. The van der Waals surface area contributed by atoms with Gasteiger partial charge in [-0.15, -0.1) is 5.10 Å². The Morgan fingerprint density at radius 1 is 1.65 bits per heavy atom. The summed E-state index contributed by atoms with van der Waals surface area (Å²) in [7, 11) is 0. The molecular formula is C15H14N4O3S. The number of thiophene rings is 1. The number of aromatic nitrogens is 2. The molecule has 0 radical (unpaired) electrons. The van der Waals surface area contributed by atoms with Crippen molar-refractivity contribution in [3.05, 3.63) is 45.1 Å². The lowest BCUT2D eigenvalue weighted by Crippen LogP contribution is -2.21. The number of ether oxygens (including phenoxy) is 2. The van der Waals surface area contributed by atoms with Crippen LogP contribution in [0.15, 0.2) is 28.3 Å². The monoisotopic (exact) mass is 330 g/mol. The molecule has 0 spiro atoms. The number of nitrogens with two attached hydrogens (primary N) is 1. The van der Waals surface area contributed by atoms with E-state index >= 15 is 0 Å². The number of hydrogen-bond donors (Lipinski definition) is 2. The van der Waals surface area contributed by atoms with E-state index < -0.39 is 5.92 Å². The number of allylic oxidation sites excluding steroid dienone is 1. The number of nitrogens with one attached hydrogen (secondary N) is 1. The highest BCUT2D eigenvalue weighted by Crippen LogP contribution is 2.43. The van der Waals surface area contributed by atoms with Crippen LogP contribution in [0.1, 0.15) is 29.7 Å². The standard InChI is InChI=1S/C15H14N4O3S/c1-2-21-11(20)5-10-13-12(8-3-4-23-7-8)9(6-16)14(17)22-15(13)19-18-10/h3-4,7,12H,2,5,17H2,1H3,(H,18,19)/t12-/m0/s1. The minimum absolute atomic E-state index is 0.0266. The fourth-order valence-electron chi connectivity index (χ4n) is 2.57. The zero-order chi connectivity index (χ0) is 16.4. The smallest absolute Gasteiger partial charge is 0.311 e. The molecule has 1 atom stereocenters. The molecule has 0 fully saturated rings. The first kappa shape index (κ1) is 15.1. The number of nitriles is 1. The van der Waals surface area contributed by atoms with Crippen molar-refractivity contribution in [3.63, 3.8) is 0 Å². The van der Waals surface area contributed by atoms with Gasteiger partial charge in [-0.2, -0.15) is 16.6 Å². The maximum atomic E-state index is 11.8. The summed E-state index contributed by atoms with van der Waals surface area (Å²) in [6, 6.07) is 4.02. The molecule has 8 heteroatoms. The van der Waals surface area contributed by atoms with E-state index in [1.165, 1.54) is 11.3 Å². The Morgan fingerprint density at radius 2 is 2.48 bits per heavy atom. The van der Waals surface area contributed by atoms with Crippen molar-refractivity contribution in [1.29, 1.82) is 5.26 Å². The fraction of sp³-hybridized carbons (Fsp3) is 0.267. The minimum atomic E-state index is -0.404. The molecule has 0 amide bonds. The third kappa shape index (κ3) is 2.66. The van der Waals surface area contributed by atoms with Crippen LogP contribution in [-0.2, 0) is 16.0 Å². The second-order valence-corrected chi connectivity index (χ2v) is 5.66. The molecule has 0 aromatic carbocycles. The van der Waals surface area contributed by atoms with E-state index in [1.807, 2.05) is 16.8 Å². The Bertz CT molecular complexity index is 801. The van der Waals surface area contributed by atoms with Gasteiger partial charge in [0, 0.05) is 0 Å². The van der Waals surface area contributed by atoms with Gasteiger partial charge < -0.3 is 15.2 Å². The molecule has 7 nitrogen and oxygen atoms in total. The second kappa shape index (κ2) is 6.14. The van der Waals surface area contributed by atoms with Gasteiger partial charge in [-0.1, -0.05) is 0 Å². The quantitative estimate of drug-likeness (QED) is 0.826. The van der Waals surface area contributed by atoms with Crippen molar-refractivity contribution < 1.29 is 14.3 Å². The Balaban J connectivity index is 2.07. The summed E-state index contributed by atoms with van der Waals surface area (Å²) in [6.07, 6.45) is 0.0266. The predicted molar refractivity (Wildman–Crippen MR) is 82.5 cm³/mol. The number of carbonyl (C=O) groups excluding carboxylic acids is 1. The fourth-order valence-corrected chi connectivity index (χ4v) is 3.26. The molecule has 0 unspecified atom stereocenters. The van der Waals surface area contributed by atoms with Crippen LogP contribution in [0.5, 0.6) is 5.88 Å². The van der Waals surface area contributed by atoms with Crippen LogP contribution in [0.4, 0.5) is 0 Å². The summed E-state index contributed by atoms with van der Waals surface area (Å²) in [6.45, 7) is 2.05. The molecule has 0 saturated heterocycles. The molecule has 3 rings (SSSR count). The molecule has 1 aliphatic heterocycles. The van der Waals surface area contributed by atoms with Gasteiger partial charge >= 0.3 is 5.97 Å². The van der Waals surface area contributed by atoms with E-state index in [4.69, 9.17) is 15.2 Å². The van der Waals surface area contributed by atoms with Crippen LogP contribution in [0.25, 0.3) is 0 Å². The molecule has 0 aliphatic carbocycles. The third-order valence-electron chi connectivity index (χ3n) is 3.52. The highest BCUT2D eigenvalue weighted by molar-refractivity contribution is 7.08. The molecule has 118 valence electrons. The Labute approximate surface area is 136 Å². The van der Waals surface area contributed by atoms with Crippen molar-refractivity contribution in [2.24, 2.45) is 5.73 Å². The number of H-pyrrole nitrogens is 1. The highest BCUT2D eigenvalue weighted by Gasteiger charge is 2.35. The number of aromatic amines is 1. The van der Waals surface area contributed by atoms with E-state index in [1.54, 1.807) is 6.92 Å². The average molecular weight is 330 g/mol. The van der Waals surface area contributed by atoms with Crippen molar-refractivity contribution in [2.45, 2.75) is 19.3 Å². The molecule has 23 heavy (non-hydrogen) atoms. The summed E-state index contributed by atoms with van der Waals surface area (Å²) < 4.78 is 10.4. The van der Waals surface area contributed by atoms with E-state index in [-0.39, 0.29) is 24.2 Å². The molecule has 1 aliphatic rings. The van der Waals surface area contributed by atoms with Gasteiger partial charge in [-0.05, 0) is 29.3 Å². The van der Waals surface area contributed by atoms with Crippen molar-refractivity contribution in [3.8, 4) is 11.9 Å². The maximum absolute atomic E-state index is 11.8. The van der Waals surface area contributed by atoms with Gasteiger partial charge in [-0.25, -0.2) is 0 Å². The normalized spacial score (nSPS) is 16.4. The molecule has 2 aromatic heterocycles. The number of fused-ring (bicyclic) bond motifs is 1. The molecular weight excluding hydrogens is 316 g/mol. The van der Waals surface area contributed by atoms with E-state index in [2.05, 4.69) is 16.3 Å². The predicted octanol–water partition coefficient (Wildman–Crippen LogP) is 1.79. The van der Waals surface area contributed by atoms with Crippen LogP contribution in [0.3, 0.4) is 0 Å². The van der Waals surface area contributed by atoms with Crippen LogP contribution in [-0.4, -0.2) is 22.8 Å². The van der Waals surface area contributed by atoms with Crippen LogP contribution in [0, 0.1) is 11.3 Å². The van der Waals surface area contributed by atoms with Gasteiger partial charge in [0.25, 0.3) is 0 Å². The summed E-state index contributed by atoms with van der Waals surface area (Å²) in [5.74, 6) is -0.454. The number of hydrogen-bond acceptors (Lipinski definition) is 7. The van der Waals surface area contributed by atoms with Gasteiger partial charge in [0.1, 0.15) is 11.6 Å². The molecule has 0 saturated carbocycles. The summed E-state index contributed by atoms with van der Waals surface area (Å²) in [5.41, 5.74) is 8.29. The molecule has 0 bridgehead atoms. The number of esters is 1. The van der Waals surface area contributed by atoms with Gasteiger partial charge in [0.15, 0.2) is 0 Å². The van der Waals surface area contributed by atoms with E-state index in [9.17, 15) is 10.1 Å². The maximum Gasteiger partial charge on any atom is 0.311 e. The van der Waals surface area contributed by atoms with Crippen molar-refractivity contribution in [2.75, 3.05) is 6.61 Å². The summed E-state index contributed by atoms with van der Waals surface area (Å²) >= 11 is 1.52. The third-order valence-corrected chi connectivity index (χ3v) is 4.22. The lowest BCUT2D eigenvalue weighted by Gasteiger charge is -2.23. The van der Waals surface area contributed by atoms with Gasteiger partial charge in [0.05, 0.1) is 30.2 Å². The Morgan fingerprint density at radius 3 is 3.13 bits per heavy atom. The van der Waals surface area contributed by atoms with Crippen LogP contribution < -0.4 is 10.5 Å². The van der Waals surface area contributed by atoms with E-state index in [0.717, 1.165) is 5.56 Å². The first-order valence-electron chi connectivity index (χ1n) is 6.98. The van der Waals surface area contributed by atoms with Crippen LogP contribution >= 0.6 is 11.3 Å². The zero-order valence-electron chi connectivity index (χ0n) is 12.3. The molecule has 3 N–H and O–H groups in total. The lowest BCUT2D eigenvalue weighted by atomic mass is 9.85. The lowest BCUT2D eigenvalue weighted by molar-refractivity contribution is -0.142. The first-order chi connectivity index (χ1) is 11.2. The Kier molecular flexibility index (Phi) is 4.04. The number of rotatable bonds is 4. The largest absolute Gasteiger partial charge is 0.466 e. The SMILES string of the molecule is CCOC(=O)Cc1[nH]nc2c1[C@@H](c1ccsc1)C(C#N)=C(N)O2. The minimum Gasteiger partial charge on any atom is -0.466 e. The number of carbonyl (C=O) groups is 1. The topological polar surface area (TPSA) is 114 Å². The average Bonchev–Trinajstić information content (AvgIpc) is 3.16. The van der Waals surface area contributed by atoms with Crippen LogP contribution in [0.2, 0.25) is 0 Å². The molecule has 2 aromatic rings. The summed E-state index contributed by atoms with van der Waals surface area (Å²) in [5, 5.41) is 20.2. The number of nitrogens with zero attached hydrogens (tertiary/aromatic N) is 2. The Hall–Kier alpha value is -2.79. The van der Waals surface area contributed by atoms with Gasteiger partial charge in [-0.3, -0.25) is 9.89 Å². The van der Waals surface area contributed by atoms with Crippen molar-refractivity contribution in [1.82, 2.24) is 10.2 Å². The zero-order valence-corrected chi connectivity index (χ0v) is 13.1. The van der Waals surface area contributed by atoms with Crippen molar-refractivity contribution >= 4 is 17.3 Å².